The lowest BCUT2D eigenvalue weighted by molar-refractivity contribution is 0.183. The third-order valence-corrected chi connectivity index (χ3v) is 7.16. The first-order valence-electron chi connectivity index (χ1n) is 11.7. The molecule has 0 bridgehead atoms. The zero-order valence-electron chi connectivity index (χ0n) is 20.5. The molecule has 6 nitrogen and oxygen atoms in total. The number of nitrogens with one attached hydrogen (secondary N) is 1. The van der Waals surface area contributed by atoms with Crippen molar-refractivity contribution in [3.63, 3.8) is 0 Å². The molecule has 0 aromatic heterocycles. The Labute approximate surface area is 202 Å². The number of likely N-dealkylation sites (tertiary alicyclic amines) is 1. The molecule has 1 aliphatic rings. The summed E-state index contributed by atoms with van der Waals surface area (Å²) in [6.45, 7) is 3.54. The summed E-state index contributed by atoms with van der Waals surface area (Å²) >= 11 is 0. The summed E-state index contributed by atoms with van der Waals surface area (Å²) in [6, 6.07) is 18.8. The molecule has 4 rings (SSSR count). The summed E-state index contributed by atoms with van der Waals surface area (Å²) in [7, 11) is 7.09. The lowest BCUT2D eigenvalue weighted by Gasteiger charge is -2.41. The molecule has 1 fully saturated rings. The average molecular weight is 460 g/mol. The number of nitrogens with zero attached hydrogens (tertiary/aromatic N) is 2. The first-order chi connectivity index (χ1) is 16.6. The van der Waals surface area contributed by atoms with Gasteiger partial charge in [0, 0.05) is 29.5 Å². The highest BCUT2D eigenvalue weighted by molar-refractivity contribution is 5.95. The van der Waals surface area contributed by atoms with Gasteiger partial charge in [-0.15, -0.1) is 0 Å². The number of hydrogen-bond donors (Lipinski definition) is 1. The van der Waals surface area contributed by atoms with E-state index in [2.05, 4.69) is 53.7 Å². The summed E-state index contributed by atoms with van der Waals surface area (Å²) in [5.41, 5.74) is 2.78. The highest BCUT2D eigenvalue weighted by Gasteiger charge is 2.35. The molecular weight excluding hydrogens is 426 g/mol. The van der Waals surface area contributed by atoms with Crippen molar-refractivity contribution in [2.75, 3.05) is 48.0 Å². The molecule has 1 N–H and O–H groups in total. The fourth-order valence-corrected chi connectivity index (χ4v) is 5.16. The minimum Gasteiger partial charge on any atom is -0.497 e. The molecule has 0 atom stereocenters. The van der Waals surface area contributed by atoms with Crippen LogP contribution in [0.15, 0.2) is 48.5 Å². The Morgan fingerprint density at radius 3 is 2.15 bits per heavy atom. The van der Waals surface area contributed by atoms with E-state index in [9.17, 15) is 5.26 Å². The predicted octanol–water partition coefficient (Wildman–Crippen LogP) is 4.49. The molecule has 0 saturated carbocycles. The summed E-state index contributed by atoms with van der Waals surface area (Å²) < 4.78 is 16.7. The van der Waals surface area contributed by atoms with E-state index in [1.807, 2.05) is 18.2 Å². The van der Waals surface area contributed by atoms with Crippen LogP contribution in [0.3, 0.4) is 0 Å². The molecule has 0 radical (unpaired) electrons. The van der Waals surface area contributed by atoms with Gasteiger partial charge in [-0.05, 0) is 56.1 Å². The summed E-state index contributed by atoms with van der Waals surface area (Å²) in [6.07, 6.45) is 2.15. The quantitative estimate of drug-likeness (QED) is 0.535. The van der Waals surface area contributed by atoms with Crippen LogP contribution in [-0.4, -0.2) is 52.9 Å². The van der Waals surface area contributed by atoms with Crippen molar-refractivity contribution in [3.05, 3.63) is 65.2 Å². The van der Waals surface area contributed by atoms with E-state index in [0.717, 1.165) is 54.6 Å². The van der Waals surface area contributed by atoms with Gasteiger partial charge in [-0.3, -0.25) is 0 Å². The van der Waals surface area contributed by atoms with Crippen LogP contribution in [0.5, 0.6) is 17.2 Å². The lowest BCUT2D eigenvalue weighted by atomic mass is 9.72. The summed E-state index contributed by atoms with van der Waals surface area (Å²) in [5, 5.41) is 15.6. The zero-order valence-corrected chi connectivity index (χ0v) is 20.5. The van der Waals surface area contributed by atoms with Crippen molar-refractivity contribution in [2.45, 2.75) is 24.8 Å². The van der Waals surface area contributed by atoms with E-state index in [4.69, 9.17) is 14.2 Å². The van der Waals surface area contributed by atoms with Gasteiger partial charge >= 0.3 is 0 Å². The SMILES string of the molecule is COc1ccc(C2(CNCc3c(OC)c(C#N)c(OC)c4ccccc34)CCN(C)CC2)cc1. The largest absolute Gasteiger partial charge is 0.497 e. The zero-order chi connectivity index (χ0) is 24.1. The van der Waals surface area contributed by atoms with Crippen molar-refractivity contribution in [3.8, 4) is 23.3 Å². The maximum absolute atomic E-state index is 9.89. The van der Waals surface area contributed by atoms with Crippen LogP contribution < -0.4 is 19.5 Å². The second-order valence-electron chi connectivity index (χ2n) is 8.99. The second-order valence-corrected chi connectivity index (χ2v) is 8.99. The Hall–Kier alpha value is -3.27. The molecule has 6 heteroatoms. The molecule has 1 aliphatic heterocycles. The van der Waals surface area contributed by atoms with E-state index in [0.29, 0.717) is 23.6 Å². The topological polar surface area (TPSA) is 66.8 Å². The van der Waals surface area contributed by atoms with Crippen molar-refractivity contribution < 1.29 is 14.2 Å². The van der Waals surface area contributed by atoms with Crippen LogP contribution in [0.1, 0.15) is 29.5 Å². The van der Waals surface area contributed by atoms with Crippen LogP contribution in [0, 0.1) is 11.3 Å². The first-order valence-corrected chi connectivity index (χ1v) is 11.7. The number of benzene rings is 3. The number of methoxy groups -OCH3 is 3. The van der Waals surface area contributed by atoms with Gasteiger partial charge in [-0.2, -0.15) is 5.26 Å². The molecular formula is C28H33N3O3. The third-order valence-electron chi connectivity index (χ3n) is 7.16. The average Bonchev–Trinajstić information content (AvgIpc) is 2.89. The van der Waals surface area contributed by atoms with Crippen molar-refractivity contribution >= 4 is 10.8 Å². The Morgan fingerprint density at radius 2 is 1.56 bits per heavy atom. The Bertz CT molecular complexity index is 1180. The number of nitriles is 1. The van der Waals surface area contributed by atoms with E-state index in [1.165, 1.54) is 5.56 Å². The number of ether oxygens (including phenoxy) is 3. The van der Waals surface area contributed by atoms with Gasteiger partial charge in [-0.25, -0.2) is 0 Å². The molecule has 0 aliphatic carbocycles. The van der Waals surface area contributed by atoms with E-state index in [1.54, 1.807) is 21.3 Å². The summed E-state index contributed by atoms with van der Waals surface area (Å²) in [4.78, 5) is 2.39. The summed E-state index contributed by atoms with van der Waals surface area (Å²) in [5.74, 6) is 2.01. The molecule has 0 spiro atoms. The molecule has 178 valence electrons. The number of fused-ring (bicyclic) bond motifs is 1. The Kier molecular flexibility index (Phi) is 7.26. The van der Waals surface area contributed by atoms with Gasteiger partial charge in [0.1, 0.15) is 28.9 Å². The highest BCUT2D eigenvalue weighted by atomic mass is 16.5. The standard InChI is InChI=1S/C28H33N3O3/c1-31-15-13-28(14-16-31,20-9-11-21(32-2)12-10-20)19-30-18-25-22-7-5-6-8-23(22)26(33-3)24(17-29)27(25)34-4/h5-12,30H,13-16,18-19H2,1-4H3. The van der Waals surface area contributed by atoms with E-state index >= 15 is 0 Å². The van der Waals surface area contributed by atoms with Gasteiger partial charge in [0.25, 0.3) is 0 Å². The van der Waals surface area contributed by atoms with Gasteiger partial charge in [0.05, 0.1) is 21.3 Å². The van der Waals surface area contributed by atoms with Crippen LogP contribution in [0.2, 0.25) is 0 Å². The van der Waals surface area contributed by atoms with Crippen molar-refractivity contribution in [1.29, 1.82) is 5.26 Å². The molecule has 1 heterocycles. The molecule has 0 amide bonds. The smallest absolute Gasteiger partial charge is 0.148 e. The van der Waals surface area contributed by atoms with Crippen LogP contribution in [-0.2, 0) is 12.0 Å². The van der Waals surface area contributed by atoms with Crippen molar-refractivity contribution in [2.24, 2.45) is 0 Å². The Balaban J connectivity index is 1.67. The van der Waals surface area contributed by atoms with E-state index < -0.39 is 0 Å². The molecule has 1 saturated heterocycles. The van der Waals surface area contributed by atoms with Gasteiger partial charge in [-0.1, -0.05) is 36.4 Å². The lowest BCUT2D eigenvalue weighted by Crippen LogP contribution is -2.46. The van der Waals surface area contributed by atoms with Gasteiger partial charge < -0.3 is 24.4 Å². The third kappa shape index (κ3) is 4.42. The Morgan fingerprint density at radius 1 is 0.912 bits per heavy atom. The number of piperidine rings is 1. The minimum atomic E-state index is 0.0341. The maximum atomic E-state index is 9.89. The van der Waals surface area contributed by atoms with Crippen LogP contribution in [0.25, 0.3) is 10.8 Å². The first kappa shape index (κ1) is 23.9. The highest BCUT2D eigenvalue weighted by Crippen LogP contribution is 2.41. The maximum Gasteiger partial charge on any atom is 0.148 e. The molecule has 0 unspecified atom stereocenters. The van der Waals surface area contributed by atoms with Gasteiger partial charge in [0.15, 0.2) is 0 Å². The number of rotatable bonds is 8. The van der Waals surface area contributed by atoms with Gasteiger partial charge in [0.2, 0.25) is 0 Å². The van der Waals surface area contributed by atoms with Crippen molar-refractivity contribution in [1.82, 2.24) is 10.2 Å². The second kappa shape index (κ2) is 10.3. The minimum absolute atomic E-state index is 0.0341. The fourth-order valence-electron chi connectivity index (χ4n) is 5.16. The van der Waals surface area contributed by atoms with E-state index in [-0.39, 0.29) is 5.41 Å². The fraction of sp³-hybridized carbons (Fsp3) is 0.393. The number of hydrogen-bond acceptors (Lipinski definition) is 6. The predicted molar refractivity (Wildman–Crippen MR) is 135 cm³/mol. The monoisotopic (exact) mass is 459 g/mol. The van der Waals surface area contributed by atoms with Crippen LogP contribution >= 0.6 is 0 Å². The molecule has 3 aromatic rings. The molecule has 34 heavy (non-hydrogen) atoms. The molecule has 3 aromatic carbocycles. The van der Waals surface area contributed by atoms with Crippen LogP contribution in [0.4, 0.5) is 0 Å². The normalized spacial score (nSPS) is 15.6.